The SMILES string of the molecule is COC(=O)Cc1ccc(C#CCO)cc1.COC(=O)Cc1ccc(CCCO)cc1. The molecule has 0 radical (unpaired) electrons. The number of aliphatic hydroxyl groups excluding tert-OH is 2. The summed E-state index contributed by atoms with van der Waals surface area (Å²) < 4.78 is 9.13. The molecular weight excluding hydrogens is 384 g/mol. The molecule has 0 aliphatic heterocycles. The summed E-state index contributed by atoms with van der Waals surface area (Å²) in [6, 6.07) is 15.0. The number of rotatable bonds is 7. The smallest absolute Gasteiger partial charge is 0.309 e. The van der Waals surface area contributed by atoms with Crippen molar-refractivity contribution in [2.75, 3.05) is 27.4 Å². The number of benzene rings is 2. The normalized spacial score (nSPS) is 9.47. The molecule has 0 saturated carbocycles. The van der Waals surface area contributed by atoms with Crippen molar-refractivity contribution < 1.29 is 29.3 Å². The molecule has 2 aromatic carbocycles. The second-order valence-electron chi connectivity index (χ2n) is 6.31. The zero-order chi connectivity index (χ0) is 22.2. The van der Waals surface area contributed by atoms with Crippen LogP contribution in [0.3, 0.4) is 0 Å². The first-order valence-electron chi connectivity index (χ1n) is 9.53. The van der Waals surface area contributed by atoms with Crippen molar-refractivity contribution in [3.8, 4) is 11.8 Å². The van der Waals surface area contributed by atoms with Crippen LogP contribution in [0.2, 0.25) is 0 Å². The van der Waals surface area contributed by atoms with Gasteiger partial charge in [-0.2, -0.15) is 0 Å². The highest BCUT2D eigenvalue weighted by Crippen LogP contribution is 2.08. The Morgan fingerprint density at radius 3 is 1.70 bits per heavy atom. The molecule has 0 aliphatic rings. The summed E-state index contributed by atoms with van der Waals surface area (Å²) in [5, 5.41) is 17.2. The highest BCUT2D eigenvalue weighted by Gasteiger charge is 2.02. The Hall–Kier alpha value is -3.14. The lowest BCUT2D eigenvalue weighted by atomic mass is 10.1. The number of methoxy groups -OCH3 is 2. The van der Waals surface area contributed by atoms with Crippen molar-refractivity contribution in [3.63, 3.8) is 0 Å². The van der Waals surface area contributed by atoms with Gasteiger partial charge in [0.05, 0.1) is 27.1 Å². The lowest BCUT2D eigenvalue weighted by Gasteiger charge is -2.02. The fourth-order valence-electron chi connectivity index (χ4n) is 2.43. The number of carbonyl (C=O) groups excluding carboxylic acids is 2. The average molecular weight is 412 g/mol. The van der Waals surface area contributed by atoms with Crippen molar-refractivity contribution in [2.24, 2.45) is 0 Å². The number of hydrogen-bond donors (Lipinski definition) is 2. The topological polar surface area (TPSA) is 93.1 Å². The maximum absolute atomic E-state index is 11.0. The lowest BCUT2D eigenvalue weighted by molar-refractivity contribution is -0.140. The van der Waals surface area contributed by atoms with Gasteiger partial charge in [-0.3, -0.25) is 9.59 Å². The number of ether oxygens (including phenoxy) is 2. The van der Waals surface area contributed by atoms with Crippen LogP contribution in [-0.4, -0.2) is 49.6 Å². The molecule has 0 spiro atoms. The molecule has 0 bridgehead atoms. The quantitative estimate of drug-likeness (QED) is 0.534. The lowest BCUT2D eigenvalue weighted by Crippen LogP contribution is -2.04. The summed E-state index contributed by atoms with van der Waals surface area (Å²) in [5.41, 5.74) is 3.83. The molecule has 0 amide bonds. The van der Waals surface area contributed by atoms with Gasteiger partial charge in [0.25, 0.3) is 0 Å². The van der Waals surface area contributed by atoms with Gasteiger partial charge in [-0.15, -0.1) is 0 Å². The van der Waals surface area contributed by atoms with E-state index >= 15 is 0 Å². The molecule has 6 nitrogen and oxygen atoms in total. The van der Waals surface area contributed by atoms with Crippen LogP contribution in [0.4, 0.5) is 0 Å². The number of carbonyl (C=O) groups is 2. The van der Waals surface area contributed by atoms with Gasteiger partial charge in [0.15, 0.2) is 0 Å². The summed E-state index contributed by atoms with van der Waals surface area (Å²) in [6.45, 7) is 0.0633. The van der Waals surface area contributed by atoms with Gasteiger partial charge in [0, 0.05) is 12.2 Å². The molecule has 2 N–H and O–H groups in total. The van der Waals surface area contributed by atoms with E-state index in [1.165, 1.54) is 19.8 Å². The van der Waals surface area contributed by atoms with Crippen molar-refractivity contribution in [3.05, 3.63) is 70.8 Å². The van der Waals surface area contributed by atoms with Crippen LogP contribution in [0.25, 0.3) is 0 Å². The summed E-state index contributed by atoms with van der Waals surface area (Å²) in [5.74, 6) is 4.84. The molecule has 0 fully saturated rings. The second kappa shape index (κ2) is 14.8. The number of hydrogen-bond acceptors (Lipinski definition) is 6. The van der Waals surface area contributed by atoms with Crippen LogP contribution in [0.15, 0.2) is 48.5 Å². The van der Waals surface area contributed by atoms with Crippen LogP contribution >= 0.6 is 0 Å². The molecular formula is C24H28O6. The maximum atomic E-state index is 11.0. The van der Waals surface area contributed by atoms with Crippen LogP contribution in [-0.2, 0) is 38.3 Å². The van der Waals surface area contributed by atoms with Gasteiger partial charge in [-0.1, -0.05) is 48.2 Å². The first kappa shape index (κ1) is 24.9. The van der Waals surface area contributed by atoms with E-state index in [9.17, 15) is 9.59 Å². The Bertz CT molecular complexity index is 829. The summed E-state index contributed by atoms with van der Waals surface area (Å²) >= 11 is 0. The van der Waals surface area contributed by atoms with Crippen molar-refractivity contribution in [2.45, 2.75) is 25.7 Å². The Kier molecular flexibility index (Phi) is 12.3. The van der Waals surface area contributed by atoms with E-state index in [1.54, 1.807) is 12.1 Å². The van der Waals surface area contributed by atoms with E-state index in [4.69, 9.17) is 10.2 Å². The Morgan fingerprint density at radius 2 is 1.27 bits per heavy atom. The molecule has 0 saturated heterocycles. The molecule has 0 unspecified atom stereocenters. The van der Waals surface area contributed by atoms with Gasteiger partial charge in [-0.05, 0) is 41.7 Å². The predicted octanol–water partition coefficient (Wildman–Crippen LogP) is 2.07. The molecule has 160 valence electrons. The molecule has 30 heavy (non-hydrogen) atoms. The Balaban J connectivity index is 0.000000300. The average Bonchev–Trinajstić information content (AvgIpc) is 2.78. The minimum Gasteiger partial charge on any atom is -0.469 e. The zero-order valence-corrected chi connectivity index (χ0v) is 17.4. The molecule has 0 aromatic heterocycles. The molecule has 0 heterocycles. The van der Waals surface area contributed by atoms with Crippen LogP contribution in [0.1, 0.15) is 28.7 Å². The minimum absolute atomic E-state index is 0.149. The van der Waals surface area contributed by atoms with Gasteiger partial charge in [0.1, 0.15) is 6.61 Å². The van der Waals surface area contributed by atoms with Gasteiger partial charge < -0.3 is 19.7 Å². The number of aliphatic hydroxyl groups is 2. The van der Waals surface area contributed by atoms with Crippen LogP contribution < -0.4 is 0 Å². The van der Waals surface area contributed by atoms with E-state index in [-0.39, 0.29) is 31.6 Å². The first-order valence-corrected chi connectivity index (χ1v) is 9.53. The Morgan fingerprint density at radius 1 is 0.800 bits per heavy atom. The predicted molar refractivity (Wildman–Crippen MR) is 114 cm³/mol. The van der Waals surface area contributed by atoms with Crippen molar-refractivity contribution in [1.82, 2.24) is 0 Å². The maximum Gasteiger partial charge on any atom is 0.309 e. The van der Waals surface area contributed by atoms with E-state index in [0.717, 1.165) is 29.5 Å². The van der Waals surface area contributed by atoms with Crippen LogP contribution in [0, 0.1) is 11.8 Å². The molecule has 6 heteroatoms. The third-order valence-electron chi connectivity index (χ3n) is 4.06. The second-order valence-corrected chi connectivity index (χ2v) is 6.31. The highest BCUT2D eigenvalue weighted by atomic mass is 16.5. The fraction of sp³-hybridized carbons (Fsp3) is 0.333. The largest absolute Gasteiger partial charge is 0.469 e. The third kappa shape index (κ3) is 10.4. The summed E-state index contributed by atoms with van der Waals surface area (Å²) in [7, 11) is 2.75. The Labute approximate surface area is 177 Å². The van der Waals surface area contributed by atoms with E-state index < -0.39 is 0 Å². The van der Waals surface area contributed by atoms with Crippen LogP contribution in [0.5, 0.6) is 0 Å². The summed E-state index contributed by atoms with van der Waals surface area (Å²) in [4.78, 5) is 21.9. The van der Waals surface area contributed by atoms with Gasteiger partial charge in [-0.25, -0.2) is 0 Å². The number of aryl methyl sites for hydroxylation is 1. The minimum atomic E-state index is -0.260. The van der Waals surface area contributed by atoms with E-state index in [2.05, 4.69) is 21.3 Å². The molecule has 2 rings (SSSR count). The molecule has 0 aliphatic carbocycles. The monoisotopic (exact) mass is 412 g/mol. The van der Waals surface area contributed by atoms with E-state index in [0.29, 0.717) is 6.42 Å². The summed E-state index contributed by atoms with van der Waals surface area (Å²) in [6.07, 6.45) is 2.23. The van der Waals surface area contributed by atoms with Crippen molar-refractivity contribution in [1.29, 1.82) is 0 Å². The zero-order valence-electron chi connectivity index (χ0n) is 17.4. The molecule has 0 atom stereocenters. The standard InChI is InChI=1S/C12H16O3.C12H12O3/c2*1-15-12(14)9-11-6-4-10(5-7-11)3-2-8-13/h4-7,13H,2-3,8-9H2,1H3;4-7,13H,8-9H2,1H3. The van der Waals surface area contributed by atoms with Gasteiger partial charge >= 0.3 is 11.9 Å². The first-order chi connectivity index (χ1) is 14.5. The van der Waals surface area contributed by atoms with Gasteiger partial charge in [0.2, 0.25) is 0 Å². The highest BCUT2D eigenvalue weighted by molar-refractivity contribution is 5.72. The third-order valence-corrected chi connectivity index (χ3v) is 4.06. The van der Waals surface area contributed by atoms with E-state index in [1.807, 2.05) is 36.4 Å². The molecule has 2 aromatic rings. The fourth-order valence-corrected chi connectivity index (χ4v) is 2.43. The van der Waals surface area contributed by atoms with Crippen molar-refractivity contribution >= 4 is 11.9 Å². The number of esters is 2.